The van der Waals surface area contributed by atoms with E-state index in [1.54, 1.807) is 6.92 Å². The van der Waals surface area contributed by atoms with Crippen molar-refractivity contribution in [1.82, 2.24) is 5.32 Å². The molecule has 0 radical (unpaired) electrons. The average molecular weight is 317 g/mol. The number of carbonyl (C=O) groups excluding carboxylic acids is 1. The van der Waals surface area contributed by atoms with Crippen molar-refractivity contribution in [2.24, 2.45) is 5.73 Å². The lowest BCUT2D eigenvalue weighted by Crippen LogP contribution is -2.49. The summed E-state index contributed by atoms with van der Waals surface area (Å²) in [6, 6.07) is 17.8. The van der Waals surface area contributed by atoms with E-state index in [-0.39, 0.29) is 24.4 Å². The van der Waals surface area contributed by atoms with Gasteiger partial charge in [-0.25, -0.2) is 0 Å². The molecule has 0 fully saturated rings. The summed E-state index contributed by atoms with van der Waals surface area (Å²) in [5.41, 5.74) is 8.62. The number of amides is 1. The third-order valence-electron chi connectivity index (χ3n) is 4.28. The molecule has 0 aromatic heterocycles. The fourth-order valence-electron chi connectivity index (χ4n) is 2.93. The largest absolute Gasteiger partial charge is 0.347 e. The molecule has 3 rings (SSSR count). The van der Waals surface area contributed by atoms with Gasteiger partial charge >= 0.3 is 0 Å². The Morgan fingerprint density at radius 1 is 1.14 bits per heavy atom. The quantitative estimate of drug-likeness (QED) is 0.914. The molecule has 1 aliphatic rings. The molecule has 1 aliphatic carbocycles. The Kier molecular flexibility index (Phi) is 4.89. The number of hydrogen-bond acceptors (Lipinski definition) is 2. The van der Waals surface area contributed by atoms with Gasteiger partial charge in [-0.05, 0) is 36.5 Å². The molecule has 0 bridgehead atoms. The first kappa shape index (κ1) is 16.5. The summed E-state index contributed by atoms with van der Waals surface area (Å²) in [7, 11) is 0. The lowest BCUT2D eigenvalue weighted by atomic mass is 9.91. The second-order valence-corrected chi connectivity index (χ2v) is 5.83. The van der Waals surface area contributed by atoms with Crippen molar-refractivity contribution < 1.29 is 4.79 Å². The van der Waals surface area contributed by atoms with Crippen molar-refractivity contribution in [3.63, 3.8) is 0 Å². The highest BCUT2D eigenvalue weighted by atomic mass is 35.5. The van der Waals surface area contributed by atoms with E-state index < -0.39 is 5.54 Å². The summed E-state index contributed by atoms with van der Waals surface area (Å²) in [5.74, 6) is -0.129. The summed E-state index contributed by atoms with van der Waals surface area (Å²) in [5, 5.41) is 3.11. The Morgan fingerprint density at radius 2 is 1.77 bits per heavy atom. The van der Waals surface area contributed by atoms with Gasteiger partial charge in [0.15, 0.2) is 0 Å². The Hall–Kier alpha value is -1.84. The number of fused-ring (bicyclic) bond motifs is 1. The third kappa shape index (κ3) is 3.01. The number of halogens is 1. The number of hydrogen-bond donors (Lipinski definition) is 2. The smallest absolute Gasteiger partial charge is 0.244 e. The zero-order valence-electron chi connectivity index (χ0n) is 12.6. The highest BCUT2D eigenvalue weighted by molar-refractivity contribution is 5.87. The first-order valence-corrected chi connectivity index (χ1v) is 7.32. The molecular formula is C18H21ClN2O. The van der Waals surface area contributed by atoms with E-state index >= 15 is 0 Å². The summed E-state index contributed by atoms with van der Waals surface area (Å²) >= 11 is 0. The Labute approximate surface area is 137 Å². The maximum absolute atomic E-state index is 12.6. The van der Waals surface area contributed by atoms with Crippen LogP contribution in [0.2, 0.25) is 0 Å². The van der Waals surface area contributed by atoms with Gasteiger partial charge in [-0.2, -0.15) is 0 Å². The van der Waals surface area contributed by atoms with E-state index in [9.17, 15) is 4.79 Å². The number of aryl methyl sites for hydroxylation is 1. The molecule has 4 heteroatoms. The first-order chi connectivity index (χ1) is 10.1. The molecule has 2 atom stereocenters. The van der Waals surface area contributed by atoms with Crippen LogP contribution in [0.4, 0.5) is 0 Å². The van der Waals surface area contributed by atoms with Crippen LogP contribution in [0.3, 0.4) is 0 Å². The van der Waals surface area contributed by atoms with Gasteiger partial charge in [-0.1, -0.05) is 54.6 Å². The lowest BCUT2D eigenvalue weighted by Gasteiger charge is -2.26. The summed E-state index contributed by atoms with van der Waals surface area (Å²) < 4.78 is 0. The monoisotopic (exact) mass is 316 g/mol. The van der Waals surface area contributed by atoms with Gasteiger partial charge in [0.05, 0.1) is 6.04 Å². The van der Waals surface area contributed by atoms with Crippen LogP contribution in [0.25, 0.3) is 0 Å². The van der Waals surface area contributed by atoms with Crippen LogP contribution >= 0.6 is 12.4 Å². The minimum Gasteiger partial charge on any atom is -0.347 e. The summed E-state index contributed by atoms with van der Waals surface area (Å²) in [4.78, 5) is 12.6. The molecule has 3 N–H and O–H groups in total. The molecule has 2 aromatic rings. The van der Waals surface area contributed by atoms with Crippen molar-refractivity contribution >= 4 is 18.3 Å². The van der Waals surface area contributed by atoms with Crippen LogP contribution in [-0.4, -0.2) is 5.91 Å². The molecule has 0 saturated heterocycles. The number of benzene rings is 2. The average Bonchev–Trinajstić information content (AvgIpc) is 2.91. The molecular weight excluding hydrogens is 296 g/mol. The maximum atomic E-state index is 12.6. The first-order valence-electron chi connectivity index (χ1n) is 7.32. The van der Waals surface area contributed by atoms with Crippen LogP contribution < -0.4 is 11.1 Å². The second-order valence-electron chi connectivity index (χ2n) is 5.83. The highest BCUT2D eigenvalue weighted by Crippen LogP contribution is 2.31. The molecule has 0 heterocycles. The SMILES string of the molecule is CC(N)(C(=O)NC1CCc2ccccc21)c1ccccc1.Cl. The summed E-state index contributed by atoms with van der Waals surface area (Å²) in [6.45, 7) is 1.76. The normalized spacial score (nSPS) is 18.7. The third-order valence-corrected chi connectivity index (χ3v) is 4.28. The van der Waals surface area contributed by atoms with E-state index in [1.807, 2.05) is 42.5 Å². The number of nitrogens with one attached hydrogen (secondary N) is 1. The lowest BCUT2D eigenvalue weighted by molar-refractivity contribution is -0.126. The van der Waals surface area contributed by atoms with Crippen LogP contribution in [0.15, 0.2) is 54.6 Å². The topological polar surface area (TPSA) is 55.1 Å². The molecule has 2 unspecified atom stereocenters. The molecule has 2 aromatic carbocycles. The Bertz CT molecular complexity index is 655. The Morgan fingerprint density at radius 3 is 2.50 bits per heavy atom. The van der Waals surface area contributed by atoms with Crippen LogP contribution in [0, 0.1) is 0 Å². The fraction of sp³-hybridized carbons (Fsp3) is 0.278. The zero-order valence-corrected chi connectivity index (χ0v) is 13.4. The van der Waals surface area contributed by atoms with E-state index in [4.69, 9.17) is 5.73 Å². The molecule has 0 spiro atoms. The van der Waals surface area contributed by atoms with E-state index in [0.717, 1.165) is 18.4 Å². The van der Waals surface area contributed by atoms with Crippen molar-refractivity contribution in [1.29, 1.82) is 0 Å². The van der Waals surface area contributed by atoms with Crippen molar-refractivity contribution in [3.8, 4) is 0 Å². The van der Waals surface area contributed by atoms with Crippen molar-refractivity contribution in [2.45, 2.75) is 31.3 Å². The van der Waals surface area contributed by atoms with E-state index in [2.05, 4.69) is 17.4 Å². The molecule has 22 heavy (non-hydrogen) atoms. The molecule has 0 saturated carbocycles. The zero-order chi connectivity index (χ0) is 14.9. The standard InChI is InChI=1S/C18H20N2O.ClH/c1-18(19,14-8-3-2-4-9-14)17(21)20-16-12-11-13-7-5-6-10-15(13)16;/h2-10,16H,11-12,19H2,1H3,(H,20,21);1H. The van der Waals surface area contributed by atoms with Gasteiger partial charge in [0.1, 0.15) is 5.54 Å². The van der Waals surface area contributed by atoms with Gasteiger partial charge in [0.25, 0.3) is 0 Å². The van der Waals surface area contributed by atoms with Crippen molar-refractivity contribution in [3.05, 3.63) is 71.3 Å². The fourth-order valence-corrected chi connectivity index (χ4v) is 2.93. The van der Waals surface area contributed by atoms with E-state index in [0.29, 0.717) is 0 Å². The summed E-state index contributed by atoms with van der Waals surface area (Å²) in [6.07, 6.45) is 1.95. The highest BCUT2D eigenvalue weighted by Gasteiger charge is 2.33. The van der Waals surface area contributed by atoms with Crippen LogP contribution in [0.1, 0.15) is 36.1 Å². The Balaban J connectivity index is 0.00000176. The van der Waals surface area contributed by atoms with Gasteiger partial charge in [-0.3, -0.25) is 4.79 Å². The number of nitrogens with two attached hydrogens (primary N) is 1. The predicted octanol–water partition coefficient (Wildman–Crippen LogP) is 3.09. The van der Waals surface area contributed by atoms with Gasteiger partial charge < -0.3 is 11.1 Å². The van der Waals surface area contributed by atoms with Gasteiger partial charge in [0.2, 0.25) is 5.91 Å². The van der Waals surface area contributed by atoms with Crippen LogP contribution in [0.5, 0.6) is 0 Å². The minimum atomic E-state index is -1.02. The van der Waals surface area contributed by atoms with Gasteiger partial charge in [-0.15, -0.1) is 12.4 Å². The van der Waals surface area contributed by atoms with Crippen molar-refractivity contribution in [2.75, 3.05) is 0 Å². The maximum Gasteiger partial charge on any atom is 0.244 e. The molecule has 0 aliphatic heterocycles. The second kappa shape index (κ2) is 6.51. The molecule has 116 valence electrons. The molecule has 1 amide bonds. The van der Waals surface area contributed by atoms with Crippen LogP contribution in [-0.2, 0) is 16.8 Å². The number of rotatable bonds is 3. The number of carbonyl (C=O) groups is 1. The molecule has 3 nitrogen and oxygen atoms in total. The predicted molar refractivity (Wildman–Crippen MR) is 90.9 cm³/mol. The van der Waals surface area contributed by atoms with E-state index in [1.165, 1.54) is 11.1 Å². The van der Waals surface area contributed by atoms with Gasteiger partial charge in [0, 0.05) is 0 Å². The minimum absolute atomic E-state index is 0.